The normalized spacial score (nSPS) is 15.4. The smallest absolute Gasteiger partial charge is 0.411 e. The third-order valence-electron chi connectivity index (χ3n) is 4.41. The van der Waals surface area contributed by atoms with Crippen LogP contribution >= 0.6 is 11.9 Å². The van der Waals surface area contributed by atoms with Crippen molar-refractivity contribution in [2.24, 2.45) is 5.14 Å². The number of alkyl halides is 3. The van der Waals surface area contributed by atoms with Crippen molar-refractivity contribution in [3.8, 4) is 5.75 Å². The van der Waals surface area contributed by atoms with Crippen LogP contribution in [0.2, 0.25) is 0 Å². The molecule has 3 N–H and O–H groups in total. The quantitative estimate of drug-likeness (QED) is 0.264. The molecule has 0 amide bonds. The zero-order valence-corrected chi connectivity index (χ0v) is 22.8. The summed E-state index contributed by atoms with van der Waals surface area (Å²) in [5.74, 6) is -2.42. The molecule has 0 radical (unpaired) electrons. The van der Waals surface area contributed by atoms with Gasteiger partial charge in [-0.05, 0) is 42.6 Å². The van der Waals surface area contributed by atoms with Crippen molar-refractivity contribution in [3.63, 3.8) is 0 Å². The fourth-order valence-corrected chi connectivity index (χ4v) is 3.24. The van der Waals surface area contributed by atoms with Crippen molar-refractivity contribution < 1.29 is 67.7 Å². The molecule has 1 fully saturated rings. The van der Waals surface area contributed by atoms with Crippen molar-refractivity contribution in [1.29, 1.82) is 0 Å². The summed E-state index contributed by atoms with van der Waals surface area (Å²) in [5.41, 5.74) is 0.974. The number of nitrogens with zero attached hydrogens (tertiary/aromatic N) is 3. The first kappa shape index (κ1) is 29.7. The molecule has 1 atom stereocenters. The van der Waals surface area contributed by atoms with E-state index in [0.717, 1.165) is 23.1 Å². The fraction of sp³-hybridized carbons (Fsp3) is 0.421. The van der Waals surface area contributed by atoms with Crippen LogP contribution in [-0.2, 0) is 4.74 Å². The largest absolute Gasteiger partial charge is 0.491 e. The summed E-state index contributed by atoms with van der Waals surface area (Å²) >= 11 is 1.05. The molecule has 1 saturated heterocycles. The molecule has 1 unspecified atom stereocenters. The minimum atomic E-state index is -4.38. The predicted octanol–water partition coefficient (Wildman–Crippen LogP) is 4.00. The van der Waals surface area contributed by atoms with Gasteiger partial charge in [0.15, 0.2) is 11.6 Å². The number of aromatic nitrogens is 1. The molecule has 1 aromatic heterocycles. The van der Waals surface area contributed by atoms with Crippen LogP contribution in [-0.4, -0.2) is 56.3 Å². The van der Waals surface area contributed by atoms with Crippen molar-refractivity contribution in [1.82, 2.24) is 4.98 Å². The Bertz CT molecular complexity index is 895. The minimum Gasteiger partial charge on any atom is -0.491 e. The van der Waals surface area contributed by atoms with E-state index < -0.39 is 30.5 Å². The van der Waals surface area contributed by atoms with Gasteiger partial charge in [-0.2, -0.15) is 17.6 Å². The van der Waals surface area contributed by atoms with E-state index in [1.165, 1.54) is 13.2 Å². The number of hydrogen-bond donors (Lipinski definition) is 2. The molecule has 0 spiro atoms. The van der Waals surface area contributed by atoms with E-state index in [2.05, 4.69) is 4.98 Å². The molecule has 1 aliphatic heterocycles. The van der Waals surface area contributed by atoms with Crippen LogP contribution in [0.25, 0.3) is 0 Å². The van der Waals surface area contributed by atoms with E-state index >= 15 is 0 Å². The van der Waals surface area contributed by atoms with Gasteiger partial charge in [0.1, 0.15) is 11.6 Å². The summed E-state index contributed by atoms with van der Waals surface area (Å²) in [4.78, 5) is 5.55. The molecule has 2 heterocycles. The van der Waals surface area contributed by atoms with E-state index in [9.17, 15) is 22.0 Å². The third-order valence-corrected chi connectivity index (χ3v) is 4.88. The van der Waals surface area contributed by atoms with Gasteiger partial charge >= 0.3 is 6.18 Å². The van der Waals surface area contributed by atoms with Gasteiger partial charge in [-0.15, -0.1) is 0 Å². The summed E-state index contributed by atoms with van der Waals surface area (Å²) in [6.45, 7) is -0.776. The number of halogens is 5. The van der Waals surface area contributed by atoms with Crippen molar-refractivity contribution in [2.75, 3.05) is 43.8 Å². The maximum Gasteiger partial charge on any atom is 0.411 e. The first-order valence-electron chi connectivity index (χ1n) is 9.26. The maximum absolute atomic E-state index is 13.6. The number of pyridine rings is 1. The van der Waals surface area contributed by atoms with E-state index in [1.807, 2.05) is 0 Å². The Morgan fingerprint density at radius 2 is 2.00 bits per heavy atom. The van der Waals surface area contributed by atoms with E-state index in [4.69, 9.17) is 19.8 Å². The second-order valence-electron chi connectivity index (χ2n) is 6.69. The molecule has 0 saturated carbocycles. The monoisotopic (exact) mass is 720 g/mol. The molecule has 1 aliphatic rings. The summed E-state index contributed by atoms with van der Waals surface area (Å²) < 4.78 is 72.6. The summed E-state index contributed by atoms with van der Waals surface area (Å²) in [6, 6.07) is 5.69. The summed E-state index contributed by atoms with van der Waals surface area (Å²) in [7, 11) is 2.75. The standard InChI is InChI=1S/C13H14F5NO2.C6H9N3OS.U/c1-20-12-10(3-2-9(14)11(12)15)19-5-4-8(6-19)21-7-13(16,17)18;1-9(10)5-2-3-8-6(4-5)11-7;/h2-3,8H,4-7H2,1H3;2-4,10H,7H2,1H3;. The number of nitrogens with two attached hydrogens (primary N) is 1. The Labute approximate surface area is 215 Å². The molecule has 2 aromatic rings. The van der Waals surface area contributed by atoms with Crippen LogP contribution in [0.4, 0.5) is 33.3 Å². The molecule has 33 heavy (non-hydrogen) atoms. The van der Waals surface area contributed by atoms with Gasteiger partial charge < -0.3 is 14.4 Å². The molecule has 3 rings (SSSR count). The first-order chi connectivity index (χ1) is 15.1. The van der Waals surface area contributed by atoms with Crippen LogP contribution in [0.5, 0.6) is 5.75 Å². The molecule has 0 aliphatic carbocycles. The number of ether oxygens (including phenoxy) is 2. The molecular formula is C19H23F5N4O3SU. The number of hydrogen-bond acceptors (Lipinski definition) is 8. The maximum atomic E-state index is 13.6. The second kappa shape index (κ2) is 13.6. The number of methoxy groups -OCH3 is 1. The molecule has 7 nitrogen and oxygen atoms in total. The van der Waals surface area contributed by atoms with Crippen LogP contribution in [0.3, 0.4) is 0 Å². The van der Waals surface area contributed by atoms with Crippen molar-refractivity contribution in [2.45, 2.75) is 23.7 Å². The van der Waals surface area contributed by atoms with Crippen molar-refractivity contribution >= 4 is 23.3 Å². The molecule has 0 bridgehead atoms. The summed E-state index contributed by atoms with van der Waals surface area (Å²) in [5, 5.41) is 16.0. The molecule has 1 aromatic carbocycles. The zero-order chi connectivity index (χ0) is 23.9. The Hall–Kier alpha value is -1.30. The van der Waals surface area contributed by atoms with Gasteiger partial charge in [0.2, 0.25) is 5.82 Å². The Morgan fingerprint density at radius 1 is 1.30 bits per heavy atom. The Kier molecular flexibility index (Phi) is 12.2. The van der Waals surface area contributed by atoms with Crippen LogP contribution in [0.1, 0.15) is 6.42 Å². The number of anilines is 2. The fourth-order valence-electron chi connectivity index (χ4n) is 2.93. The number of benzene rings is 1. The van der Waals surface area contributed by atoms with Gasteiger partial charge in [-0.1, -0.05) is 0 Å². The van der Waals surface area contributed by atoms with Crippen molar-refractivity contribution in [3.05, 3.63) is 42.1 Å². The third kappa shape index (κ3) is 9.11. The van der Waals surface area contributed by atoms with Gasteiger partial charge in [-0.25, -0.2) is 9.37 Å². The van der Waals surface area contributed by atoms with Crippen LogP contribution < -0.4 is 19.8 Å². The Morgan fingerprint density at radius 3 is 2.58 bits per heavy atom. The average molecular weight is 721 g/mol. The van der Waals surface area contributed by atoms with Gasteiger partial charge in [0, 0.05) is 57.4 Å². The van der Waals surface area contributed by atoms with Gasteiger partial charge in [0.05, 0.1) is 24.6 Å². The van der Waals surface area contributed by atoms with E-state index in [0.29, 0.717) is 29.4 Å². The van der Waals surface area contributed by atoms with E-state index in [-0.39, 0.29) is 43.4 Å². The Balaban J connectivity index is 0.000000385. The number of rotatable bonds is 6. The summed E-state index contributed by atoms with van der Waals surface area (Å²) in [6.07, 6.45) is -3.02. The molecule has 14 heteroatoms. The molecular weight excluding hydrogens is 697 g/mol. The zero-order valence-electron chi connectivity index (χ0n) is 17.8. The SMILES string of the molecule is CN(O)c1ccnc(SN)c1.COc1c(N2CCC(OCC(F)(F)F)C2)ccc(F)c1F.[U]. The average Bonchev–Trinajstić information content (AvgIpc) is 3.23. The van der Waals surface area contributed by atoms with Gasteiger partial charge in [-0.3, -0.25) is 15.4 Å². The van der Waals surface area contributed by atoms with Crippen LogP contribution in [0, 0.1) is 42.7 Å². The topological polar surface area (TPSA) is 84.1 Å². The van der Waals surface area contributed by atoms with E-state index in [1.54, 1.807) is 30.3 Å². The molecule has 182 valence electrons. The van der Waals surface area contributed by atoms with Gasteiger partial charge in [0.25, 0.3) is 0 Å². The van der Waals surface area contributed by atoms with Crippen LogP contribution in [0.15, 0.2) is 35.5 Å². The second-order valence-corrected chi connectivity index (χ2v) is 7.34. The first-order valence-corrected chi connectivity index (χ1v) is 10.1. The number of hydroxylamine groups is 1. The predicted molar refractivity (Wildman–Crippen MR) is 110 cm³/mol. The minimum absolute atomic E-state index is 0.